The molecule has 6 nitrogen and oxygen atoms in total. The van der Waals surface area contributed by atoms with Crippen LogP contribution in [0.1, 0.15) is 19.3 Å². The van der Waals surface area contributed by atoms with Crippen molar-refractivity contribution in [3.8, 4) is 22.9 Å². The molecule has 0 radical (unpaired) electrons. The van der Waals surface area contributed by atoms with Crippen molar-refractivity contribution in [2.24, 2.45) is 0 Å². The maximum absolute atomic E-state index is 5.59. The van der Waals surface area contributed by atoms with E-state index >= 15 is 0 Å². The molecule has 4 aromatic rings. The first-order valence-corrected chi connectivity index (χ1v) is 11.2. The molecule has 5 rings (SSSR count). The van der Waals surface area contributed by atoms with Gasteiger partial charge in [-0.05, 0) is 56.4 Å². The zero-order valence-electron chi connectivity index (χ0n) is 18.6. The number of benzene rings is 3. The van der Waals surface area contributed by atoms with E-state index < -0.39 is 0 Å². The van der Waals surface area contributed by atoms with Gasteiger partial charge in [0.1, 0.15) is 5.82 Å². The van der Waals surface area contributed by atoms with Gasteiger partial charge in [0.15, 0.2) is 17.3 Å². The van der Waals surface area contributed by atoms with Crippen molar-refractivity contribution in [1.29, 1.82) is 0 Å². The van der Waals surface area contributed by atoms with Gasteiger partial charge in [-0.15, -0.1) is 0 Å². The summed E-state index contributed by atoms with van der Waals surface area (Å²) in [6, 6.07) is 18.6. The van der Waals surface area contributed by atoms with Crippen LogP contribution in [0.5, 0.6) is 11.5 Å². The first-order chi connectivity index (χ1) is 15.7. The molecule has 6 heteroatoms. The molecule has 0 aliphatic carbocycles. The van der Waals surface area contributed by atoms with E-state index in [1.165, 1.54) is 23.6 Å². The Morgan fingerprint density at radius 1 is 0.875 bits per heavy atom. The molecule has 0 atom stereocenters. The average Bonchev–Trinajstić information content (AvgIpc) is 3.26. The van der Waals surface area contributed by atoms with Gasteiger partial charge in [-0.1, -0.05) is 42.8 Å². The lowest BCUT2D eigenvalue weighted by molar-refractivity contribution is 0.174. The quantitative estimate of drug-likeness (QED) is 0.383. The second-order valence-corrected chi connectivity index (χ2v) is 8.47. The van der Waals surface area contributed by atoms with E-state index in [0.29, 0.717) is 5.82 Å². The summed E-state index contributed by atoms with van der Waals surface area (Å²) in [7, 11) is 4.23. The lowest BCUT2D eigenvalue weighted by atomic mass is 10.1. The zero-order chi connectivity index (χ0) is 21.9. The molecule has 3 aromatic carbocycles. The smallest absolute Gasteiger partial charge is 0.231 e. The van der Waals surface area contributed by atoms with Crippen LogP contribution in [0, 0.1) is 0 Å². The van der Waals surface area contributed by atoms with Gasteiger partial charge < -0.3 is 19.7 Å². The van der Waals surface area contributed by atoms with Gasteiger partial charge in [0.25, 0.3) is 0 Å². The Hall–Kier alpha value is -3.38. The van der Waals surface area contributed by atoms with E-state index in [-0.39, 0.29) is 6.79 Å². The first-order valence-electron chi connectivity index (χ1n) is 11.2. The molecule has 32 heavy (non-hydrogen) atoms. The summed E-state index contributed by atoms with van der Waals surface area (Å²) in [5.74, 6) is 3.02. The highest BCUT2D eigenvalue weighted by Crippen LogP contribution is 2.38. The summed E-state index contributed by atoms with van der Waals surface area (Å²) in [5.41, 5.74) is 1.85. The van der Waals surface area contributed by atoms with Crippen LogP contribution in [-0.2, 0) is 0 Å². The molecule has 0 saturated carbocycles. The third-order valence-corrected chi connectivity index (χ3v) is 5.77. The molecule has 2 heterocycles. The van der Waals surface area contributed by atoms with Crippen LogP contribution in [-0.4, -0.2) is 48.8 Å². The first kappa shape index (κ1) is 20.5. The molecule has 1 aliphatic rings. The van der Waals surface area contributed by atoms with Crippen LogP contribution < -0.4 is 14.8 Å². The van der Waals surface area contributed by atoms with Gasteiger partial charge in [-0.25, -0.2) is 9.97 Å². The second kappa shape index (κ2) is 9.01. The Morgan fingerprint density at radius 3 is 2.53 bits per heavy atom. The Bertz CT molecular complexity index is 1260. The van der Waals surface area contributed by atoms with Crippen LogP contribution in [0.2, 0.25) is 0 Å². The van der Waals surface area contributed by atoms with Crippen molar-refractivity contribution in [2.45, 2.75) is 19.3 Å². The monoisotopic (exact) mass is 428 g/mol. The molecule has 0 saturated heterocycles. The number of rotatable bonds is 8. The minimum Gasteiger partial charge on any atom is -0.454 e. The van der Waals surface area contributed by atoms with Crippen LogP contribution in [0.15, 0.2) is 54.6 Å². The number of nitrogens with zero attached hydrogens (tertiary/aromatic N) is 3. The van der Waals surface area contributed by atoms with Crippen LogP contribution in [0.25, 0.3) is 33.1 Å². The van der Waals surface area contributed by atoms with Gasteiger partial charge in [0.2, 0.25) is 6.79 Å². The molecule has 1 aliphatic heterocycles. The summed E-state index contributed by atoms with van der Waals surface area (Å²) in [6.07, 6.45) is 3.47. The molecule has 1 aromatic heterocycles. The molecular formula is C26H28N4O2. The second-order valence-electron chi connectivity index (χ2n) is 8.47. The Morgan fingerprint density at radius 2 is 1.69 bits per heavy atom. The van der Waals surface area contributed by atoms with Crippen molar-refractivity contribution >= 4 is 27.5 Å². The third-order valence-electron chi connectivity index (χ3n) is 5.77. The molecule has 1 N–H and O–H groups in total. The van der Waals surface area contributed by atoms with Gasteiger partial charge in [0.05, 0.1) is 5.52 Å². The Kier molecular flexibility index (Phi) is 5.77. The van der Waals surface area contributed by atoms with E-state index in [9.17, 15) is 0 Å². The third kappa shape index (κ3) is 4.32. The number of anilines is 1. The van der Waals surface area contributed by atoms with Crippen LogP contribution in [0.3, 0.4) is 0 Å². The highest BCUT2D eigenvalue weighted by Gasteiger charge is 2.18. The summed E-state index contributed by atoms with van der Waals surface area (Å²) >= 11 is 0. The fourth-order valence-corrected chi connectivity index (χ4v) is 4.05. The van der Waals surface area contributed by atoms with Crippen LogP contribution >= 0.6 is 0 Å². The molecule has 0 bridgehead atoms. The van der Waals surface area contributed by atoms with Crippen molar-refractivity contribution in [1.82, 2.24) is 14.9 Å². The fourth-order valence-electron chi connectivity index (χ4n) is 4.05. The molecular weight excluding hydrogens is 400 g/mol. The van der Waals surface area contributed by atoms with Crippen molar-refractivity contribution in [3.05, 3.63) is 54.6 Å². The minimum atomic E-state index is 0.241. The number of unbranched alkanes of at least 4 members (excludes halogenated alkanes) is 2. The number of fused-ring (bicyclic) bond motifs is 3. The SMILES string of the molecule is CN(C)CCCCCNc1nc(-c2ccc3ccccc3c2)nc2cc3c(cc12)OCO3. The zero-order valence-corrected chi connectivity index (χ0v) is 18.6. The summed E-state index contributed by atoms with van der Waals surface area (Å²) in [5, 5.41) is 6.89. The number of nitrogens with one attached hydrogen (secondary N) is 1. The molecule has 0 spiro atoms. The van der Waals surface area contributed by atoms with Crippen molar-refractivity contribution in [3.63, 3.8) is 0 Å². The van der Waals surface area contributed by atoms with E-state index in [1.807, 2.05) is 12.1 Å². The van der Waals surface area contributed by atoms with E-state index in [1.54, 1.807) is 0 Å². The van der Waals surface area contributed by atoms with Crippen molar-refractivity contribution < 1.29 is 9.47 Å². The highest BCUT2D eigenvalue weighted by molar-refractivity contribution is 5.94. The van der Waals surface area contributed by atoms with E-state index in [0.717, 1.165) is 53.3 Å². The maximum Gasteiger partial charge on any atom is 0.231 e. The number of ether oxygens (including phenoxy) is 2. The van der Waals surface area contributed by atoms with E-state index in [2.05, 4.69) is 66.8 Å². The van der Waals surface area contributed by atoms with Crippen molar-refractivity contribution in [2.75, 3.05) is 39.3 Å². The summed E-state index contributed by atoms with van der Waals surface area (Å²) in [6.45, 7) is 2.22. The van der Waals surface area contributed by atoms with Gasteiger partial charge in [-0.2, -0.15) is 0 Å². The van der Waals surface area contributed by atoms with Gasteiger partial charge in [-0.3, -0.25) is 0 Å². The fraction of sp³-hybridized carbons (Fsp3) is 0.308. The topological polar surface area (TPSA) is 59.5 Å². The van der Waals surface area contributed by atoms with Gasteiger partial charge in [0, 0.05) is 23.6 Å². The standard InChI is InChI=1S/C26H28N4O2/c1-30(2)13-7-3-6-12-27-26-21-15-23-24(32-17-31-23)16-22(21)28-25(29-26)20-11-10-18-8-4-5-9-19(18)14-20/h4-5,8-11,14-16H,3,6-7,12-13,17H2,1-2H3,(H,27,28,29). The molecule has 0 amide bonds. The lowest BCUT2D eigenvalue weighted by Crippen LogP contribution is -2.13. The Balaban J connectivity index is 1.47. The predicted octanol–water partition coefficient (Wildman–Crippen LogP) is 5.32. The lowest BCUT2D eigenvalue weighted by Gasteiger charge is -2.13. The Labute approximate surface area is 188 Å². The molecule has 164 valence electrons. The van der Waals surface area contributed by atoms with E-state index in [4.69, 9.17) is 19.4 Å². The molecule has 0 fully saturated rings. The maximum atomic E-state index is 5.59. The average molecular weight is 429 g/mol. The predicted molar refractivity (Wildman–Crippen MR) is 129 cm³/mol. The van der Waals surface area contributed by atoms with Gasteiger partial charge >= 0.3 is 0 Å². The summed E-state index contributed by atoms with van der Waals surface area (Å²) < 4.78 is 11.2. The number of aromatic nitrogens is 2. The number of hydrogen-bond donors (Lipinski definition) is 1. The number of hydrogen-bond acceptors (Lipinski definition) is 6. The highest BCUT2D eigenvalue weighted by atomic mass is 16.7. The summed E-state index contributed by atoms with van der Waals surface area (Å²) in [4.78, 5) is 12.0. The largest absolute Gasteiger partial charge is 0.454 e. The normalized spacial score (nSPS) is 12.7. The van der Waals surface area contributed by atoms with Crippen LogP contribution in [0.4, 0.5) is 5.82 Å². The minimum absolute atomic E-state index is 0.241. The molecule has 0 unspecified atom stereocenters.